The zero-order valence-electron chi connectivity index (χ0n) is 16.3. The Morgan fingerprint density at radius 3 is 2.57 bits per heavy atom. The molecule has 2 heterocycles. The van der Waals surface area contributed by atoms with E-state index in [1.807, 2.05) is 42.5 Å². The van der Waals surface area contributed by atoms with Crippen LogP contribution in [0.15, 0.2) is 66.9 Å². The summed E-state index contributed by atoms with van der Waals surface area (Å²) in [7, 11) is 0. The minimum absolute atomic E-state index is 0.120. The molecule has 30 heavy (non-hydrogen) atoms. The molecule has 0 saturated carbocycles. The topological polar surface area (TPSA) is 88.7 Å². The van der Waals surface area contributed by atoms with Crippen LogP contribution < -0.4 is 9.64 Å². The second-order valence-electron chi connectivity index (χ2n) is 6.90. The Labute approximate surface area is 173 Å². The molecule has 0 fully saturated rings. The van der Waals surface area contributed by atoms with Crippen molar-refractivity contribution in [2.45, 2.75) is 13.0 Å². The lowest BCUT2D eigenvalue weighted by molar-refractivity contribution is -0.122. The van der Waals surface area contributed by atoms with Gasteiger partial charge in [0.1, 0.15) is 18.1 Å². The minimum atomic E-state index is -0.700. The summed E-state index contributed by atoms with van der Waals surface area (Å²) in [6.07, 6.45) is 1.43. The van der Waals surface area contributed by atoms with Gasteiger partial charge in [-0.3, -0.25) is 14.5 Å². The highest BCUT2D eigenvalue weighted by Crippen LogP contribution is 2.39. The van der Waals surface area contributed by atoms with Crippen molar-refractivity contribution in [3.05, 3.63) is 83.7 Å². The number of H-pyrrole nitrogens is 1. The molecule has 152 valence electrons. The van der Waals surface area contributed by atoms with E-state index in [0.717, 1.165) is 5.56 Å². The molecule has 0 aliphatic carbocycles. The van der Waals surface area contributed by atoms with E-state index in [-0.39, 0.29) is 23.4 Å². The number of carbonyl (C=O) groups is 3. The van der Waals surface area contributed by atoms with Crippen LogP contribution >= 0.6 is 0 Å². The highest BCUT2D eigenvalue weighted by Gasteiger charge is 2.33. The van der Waals surface area contributed by atoms with Crippen molar-refractivity contribution < 1.29 is 23.9 Å². The normalized spacial score (nSPS) is 15.1. The third kappa shape index (κ3) is 3.82. The molecule has 7 nitrogen and oxygen atoms in total. The molecule has 1 atom stereocenters. The van der Waals surface area contributed by atoms with Gasteiger partial charge in [-0.25, -0.2) is 4.79 Å². The Bertz CT molecular complexity index is 1090. The minimum Gasteiger partial charge on any atom is -0.489 e. The number of ether oxygens (including phenoxy) is 2. The number of anilines is 1. The smallest absolute Gasteiger partial charge is 0.355 e. The molecule has 0 radical (unpaired) electrons. The number of benzene rings is 2. The van der Waals surface area contributed by atoms with Gasteiger partial charge in [0.25, 0.3) is 5.91 Å². The van der Waals surface area contributed by atoms with Crippen LogP contribution in [0.4, 0.5) is 5.69 Å². The molecule has 0 saturated heterocycles. The number of Topliss-reactive ketones (excluding diaryl/α,β-unsaturated/α-hetero) is 1. The van der Waals surface area contributed by atoms with Crippen molar-refractivity contribution in [3.8, 4) is 5.75 Å². The van der Waals surface area contributed by atoms with Gasteiger partial charge in [0.05, 0.1) is 11.7 Å². The highest BCUT2D eigenvalue weighted by molar-refractivity contribution is 6.00. The molecule has 0 unspecified atom stereocenters. The van der Waals surface area contributed by atoms with Crippen molar-refractivity contribution >= 4 is 23.3 Å². The average molecular weight is 404 g/mol. The quantitative estimate of drug-likeness (QED) is 0.519. The monoisotopic (exact) mass is 404 g/mol. The number of amides is 1. The van der Waals surface area contributed by atoms with Gasteiger partial charge in [0, 0.05) is 11.8 Å². The molecule has 7 heteroatoms. The summed E-state index contributed by atoms with van der Waals surface area (Å²) < 4.78 is 11.1. The van der Waals surface area contributed by atoms with Crippen molar-refractivity contribution in [3.63, 3.8) is 0 Å². The van der Waals surface area contributed by atoms with Crippen LogP contribution in [0.2, 0.25) is 0 Å². The Morgan fingerprint density at radius 1 is 1.10 bits per heavy atom. The maximum atomic E-state index is 13.1. The zero-order valence-corrected chi connectivity index (χ0v) is 16.3. The lowest BCUT2D eigenvalue weighted by atomic mass is 10.0. The van der Waals surface area contributed by atoms with E-state index in [0.29, 0.717) is 23.6 Å². The van der Waals surface area contributed by atoms with Gasteiger partial charge < -0.3 is 14.5 Å². The van der Waals surface area contributed by atoms with E-state index >= 15 is 0 Å². The zero-order chi connectivity index (χ0) is 21.1. The fourth-order valence-electron chi connectivity index (χ4n) is 3.41. The molecule has 2 aromatic carbocycles. The van der Waals surface area contributed by atoms with E-state index in [1.54, 1.807) is 17.0 Å². The molecule has 3 aromatic rings. The third-order valence-electron chi connectivity index (χ3n) is 4.92. The number of hydrogen-bond donors (Lipinski definition) is 1. The molecule has 0 spiro atoms. The van der Waals surface area contributed by atoms with E-state index < -0.39 is 12.6 Å². The van der Waals surface area contributed by atoms with Crippen molar-refractivity contribution in [2.75, 3.05) is 18.1 Å². The summed E-state index contributed by atoms with van der Waals surface area (Å²) in [6, 6.07) is 17.9. The Morgan fingerprint density at radius 2 is 1.83 bits per heavy atom. The number of carbonyl (C=O) groups excluding carboxylic acids is 3. The molecule has 0 bridgehead atoms. The molecule has 4 rings (SSSR count). The number of esters is 1. The first kappa shape index (κ1) is 19.4. The number of nitrogens with zero attached hydrogens (tertiary/aromatic N) is 1. The first-order valence-corrected chi connectivity index (χ1v) is 9.50. The lowest BCUT2D eigenvalue weighted by Gasteiger charge is -2.37. The number of aromatic nitrogens is 1. The first-order chi connectivity index (χ1) is 14.5. The van der Waals surface area contributed by atoms with E-state index in [9.17, 15) is 14.4 Å². The number of ketones is 1. The maximum Gasteiger partial charge on any atom is 0.355 e. The number of rotatable bonds is 5. The summed E-state index contributed by atoms with van der Waals surface area (Å²) in [5.41, 5.74) is 2.04. The largest absolute Gasteiger partial charge is 0.489 e. The fraction of sp³-hybridized carbons (Fsp3) is 0.174. The van der Waals surface area contributed by atoms with Crippen LogP contribution in [0.25, 0.3) is 0 Å². The van der Waals surface area contributed by atoms with Gasteiger partial charge in [-0.2, -0.15) is 0 Å². The average Bonchev–Trinajstić information content (AvgIpc) is 3.28. The predicted octanol–water partition coefficient (Wildman–Crippen LogP) is 3.54. The van der Waals surface area contributed by atoms with E-state index in [4.69, 9.17) is 9.47 Å². The Kier molecular flexibility index (Phi) is 5.34. The highest BCUT2D eigenvalue weighted by atomic mass is 16.5. The second kappa shape index (κ2) is 8.24. The van der Waals surface area contributed by atoms with Gasteiger partial charge >= 0.3 is 5.97 Å². The molecular weight excluding hydrogens is 384 g/mol. The van der Waals surface area contributed by atoms with Gasteiger partial charge in [-0.1, -0.05) is 42.5 Å². The van der Waals surface area contributed by atoms with Gasteiger partial charge in [-0.15, -0.1) is 0 Å². The summed E-state index contributed by atoms with van der Waals surface area (Å²) in [4.78, 5) is 41.1. The maximum absolute atomic E-state index is 13.1. The van der Waals surface area contributed by atoms with Crippen molar-refractivity contribution in [1.29, 1.82) is 0 Å². The first-order valence-electron chi connectivity index (χ1n) is 9.50. The molecule has 1 N–H and O–H groups in total. The van der Waals surface area contributed by atoms with Crippen molar-refractivity contribution in [2.24, 2.45) is 0 Å². The number of para-hydroxylation sites is 2. The fourth-order valence-corrected chi connectivity index (χ4v) is 3.41. The van der Waals surface area contributed by atoms with Crippen LogP contribution in [0.3, 0.4) is 0 Å². The molecule has 1 amide bonds. The summed E-state index contributed by atoms with van der Waals surface area (Å²) in [6.45, 7) is 1.26. The van der Waals surface area contributed by atoms with Crippen LogP contribution in [-0.4, -0.2) is 35.9 Å². The molecular formula is C23H20N2O5. The molecule has 1 aliphatic rings. The van der Waals surface area contributed by atoms with Gasteiger partial charge in [0.15, 0.2) is 12.4 Å². The summed E-state index contributed by atoms with van der Waals surface area (Å²) >= 11 is 0. The number of aromatic amines is 1. The third-order valence-corrected chi connectivity index (χ3v) is 4.92. The van der Waals surface area contributed by atoms with Crippen LogP contribution in [0, 0.1) is 0 Å². The van der Waals surface area contributed by atoms with Crippen LogP contribution in [-0.2, 0) is 9.53 Å². The number of hydrogen-bond acceptors (Lipinski definition) is 5. The summed E-state index contributed by atoms with van der Waals surface area (Å²) in [5, 5.41) is 0. The van der Waals surface area contributed by atoms with E-state index in [1.165, 1.54) is 19.2 Å². The van der Waals surface area contributed by atoms with Gasteiger partial charge in [0.2, 0.25) is 0 Å². The lowest BCUT2D eigenvalue weighted by Crippen LogP contribution is -2.43. The second-order valence-corrected chi connectivity index (χ2v) is 6.90. The van der Waals surface area contributed by atoms with Gasteiger partial charge in [-0.05, 0) is 30.7 Å². The number of fused-ring (bicyclic) bond motifs is 1. The molecule has 1 aliphatic heterocycles. The van der Waals surface area contributed by atoms with Crippen LogP contribution in [0.1, 0.15) is 39.4 Å². The predicted molar refractivity (Wildman–Crippen MR) is 110 cm³/mol. The van der Waals surface area contributed by atoms with Crippen molar-refractivity contribution in [1.82, 2.24) is 4.98 Å². The van der Waals surface area contributed by atoms with Crippen LogP contribution in [0.5, 0.6) is 5.75 Å². The number of nitrogens with one attached hydrogen (secondary N) is 1. The standard InChI is InChI=1S/C23H20N2O5/c1-15(26)17-11-18(24-12-17)23(28)30-14-22(27)25-19-9-5-6-10-21(19)29-13-20(25)16-7-3-2-4-8-16/h2-12,20,24H,13-14H2,1H3/t20-/m0/s1. The summed E-state index contributed by atoms with van der Waals surface area (Å²) in [5.74, 6) is -0.642. The Hall–Kier alpha value is -3.87. The SMILES string of the molecule is CC(=O)c1c[nH]c(C(=O)OCC(=O)N2c3ccccc3OC[C@H]2c2ccccc2)c1. The Balaban J connectivity index is 1.55. The van der Waals surface area contributed by atoms with E-state index in [2.05, 4.69) is 4.98 Å². The molecule has 1 aromatic heterocycles.